The van der Waals surface area contributed by atoms with Gasteiger partial charge in [-0.05, 0) is 55.4 Å². The second-order valence-electron chi connectivity index (χ2n) is 7.46. The van der Waals surface area contributed by atoms with E-state index in [1.165, 1.54) is 0 Å². The Balaban J connectivity index is 1.89. The fourth-order valence-corrected chi connectivity index (χ4v) is 3.72. The van der Waals surface area contributed by atoms with Crippen molar-refractivity contribution in [3.05, 3.63) is 76.5 Å². The zero-order valence-electron chi connectivity index (χ0n) is 18.6. The standard InChI is InChI=1S/C24H27N3O4S/c1-15-8-5-6-11-19(15)22(28)25-18-10-7-9-17(14-18)21-20(23(29)31-13-12-30-4)16(2)27(3)24(32)26-21/h5-11,14,21H,12-13H2,1-4H3,(H,25,28)(H,26,32)/t21-/m1/s1. The van der Waals surface area contributed by atoms with Gasteiger partial charge < -0.3 is 25.0 Å². The molecule has 0 aliphatic carbocycles. The van der Waals surface area contributed by atoms with Gasteiger partial charge in [-0.3, -0.25) is 4.79 Å². The highest BCUT2D eigenvalue weighted by atomic mass is 32.1. The van der Waals surface area contributed by atoms with Gasteiger partial charge in [0, 0.05) is 31.1 Å². The molecule has 3 rings (SSSR count). The molecular formula is C24H27N3O4S. The molecule has 0 bridgehead atoms. The molecule has 0 fully saturated rings. The number of anilines is 1. The van der Waals surface area contributed by atoms with Gasteiger partial charge in [0.25, 0.3) is 5.91 Å². The Bertz CT molecular complexity index is 1070. The summed E-state index contributed by atoms with van der Waals surface area (Å²) in [6.45, 7) is 4.19. The molecule has 1 aliphatic rings. The molecule has 7 nitrogen and oxygen atoms in total. The number of amides is 1. The largest absolute Gasteiger partial charge is 0.460 e. The maximum atomic E-state index is 12.9. The average molecular weight is 454 g/mol. The fourth-order valence-electron chi connectivity index (χ4n) is 3.47. The van der Waals surface area contributed by atoms with Crippen molar-refractivity contribution in [1.29, 1.82) is 0 Å². The predicted molar refractivity (Wildman–Crippen MR) is 127 cm³/mol. The molecule has 0 unspecified atom stereocenters. The molecule has 2 aromatic rings. The monoisotopic (exact) mass is 453 g/mol. The highest BCUT2D eigenvalue weighted by molar-refractivity contribution is 7.80. The van der Waals surface area contributed by atoms with Gasteiger partial charge in [-0.1, -0.05) is 30.3 Å². The number of allylic oxidation sites excluding steroid dienone is 1. The van der Waals surface area contributed by atoms with Gasteiger partial charge in [0.05, 0.1) is 18.2 Å². The Labute approximate surface area is 193 Å². The number of aryl methyl sites for hydroxylation is 1. The van der Waals surface area contributed by atoms with Crippen LogP contribution in [0, 0.1) is 6.92 Å². The number of nitrogens with zero attached hydrogens (tertiary/aromatic N) is 1. The van der Waals surface area contributed by atoms with Gasteiger partial charge in [-0.25, -0.2) is 4.79 Å². The lowest BCUT2D eigenvalue weighted by atomic mass is 9.94. The van der Waals surface area contributed by atoms with E-state index in [9.17, 15) is 9.59 Å². The third-order valence-electron chi connectivity index (χ3n) is 5.36. The molecule has 2 aromatic carbocycles. The molecule has 0 saturated carbocycles. The van der Waals surface area contributed by atoms with Crippen LogP contribution in [0.15, 0.2) is 59.8 Å². The van der Waals surface area contributed by atoms with Crippen molar-refractivity contribution in [2.45, 2.75) is 19.9 Å². The molecule has 168 valence electrons. The number of hydrogen-bond acceptors (Lipinski definition) is 5. The smallest absolute Gasteiger partial charge is 0.338 e. The van der Waals surface area contributed by atoms with Gasteiger partial charge in [-0.2, -0.15) is 0 Å². The Kier molecular flexibility index (Phi) is 7.61. The van der Waals surface area contributed by atoms with Gasteiger partial charge in [0.2, 0.25) is 0 Å². The maximum absolute atomic E-state index is 12.9. The summed E-state index contributed by atoms with van der Waals surface area (Å²) in [6, 6.07) is 14.2. The van der Waals surface area contributed by atoms with Gasteiger partial charge in [-0.15, -0.1) is 0 Å². The first kappa shape index (κ1) is 23.4. The summed E-state index contributed by atoms with van der Waals surface area (Å²) < 4.78 is 10.4. The van der Waals surface area contributed by atoms with Crippen molar-refractivity contribution in [1.82, 2.24) is 10.2 Å². The van der Waals surface area contributed by atoms with Crippen LogP contribution in [-0.4, -0.2) is 49.3 Å². The maximum Gasteiger partial charge on any atom is 0.338 e. The van der Waals surface area contributed by atoms with Crippen LogP contribution in [-0.2, 0) is 14.3 Å². The number of benzene rings is 2. The molecular weight excluding hydrogens is 426 g/mol. The van der Waals surface area contributed by atoms with Crippen molar-refractivity contribution in [2.24, 2.45) is 0 Å². The number of methoxy groups -OCH3 is 1. The van der Waals surface area contributed by atoms with E-state index in [2.05, 4.69) is 10.6 Å². The first-order chi connectivity index (χ1) is 15.3. The van der Waals surface area contributed by atoms with Crippen LogP contribution < -0.4 is 10.6 Å². The number of carbonyl (C=O) groups excluding carboxylic acids is 2. The molecule has 0 radical (unpaired) electrons. The van der Waals surface area contributed by atoms with Gasteiger partial charge >= 0.3 is 5.97 Å². The lowest BCUT2D eigenvalue weighted by Crippen LogP contribution is -2.46. The van der Waals surface area contributed by atoms with Crippen molar-refractivity contribution in [2.75, 3.05) is 32.7 Å². The number of ether oxygens (including phenoxy) is 2. The quantitative estimate of drug-likeness (QED) is 0.377. The van der Waals surface area contributed by atoms with Gasteiger partial charge in [0.1, 0.15) is 6.61 Å². The lowest BCUT2D eigenvalue weighted by Gasteiger charge is -2.35. The number of hydrogen-bond donors (Lipinski definition) is 2. The zero-order chi connectivity index (χ0) is 23.3. The molecule has 0 spiro atoms. The minimum atomic E-state index is -0.510. The summed E-state index contributed by atoms with van der Waals surface area (Å²) in [5, 5.41) is 6.64. The molecule has 0 aromatic heterocycles. The van der Waals surface area contributed by atoms with E-state index in [0.717, 1.165) is 11.1 Å². The van der Waals surface area contributed by atoms with Crippen LogP contribution in [0.1, 0.15) is 34.5 Å². The topological polar surface area (TPSA) is 79.9 Å². The fraction of sp³-hybridized carbons (Fsp3) is 0.292. The van der Waals surface area contributed by atoms with E-state index in [1.807, 2.05) is 50.2 Å². The second kappa shape index (κ2) is 10.4. The average Bonchev–Trinajstić information content (AvgIpc) is 2.77. The van der Waals surface area contributed by atoms with E-state index >= 15 is 0 Å². The zero-order valence-corrected chi connectivity index (χ0v) is 19.4. The SMILES string of the molecule is COCCOC(=O)C1=C(C)N(C)C(=S)N[C@@H]1c1cccc(NC(=O)c2ccccc2C)c1. The van der Waals surface area contributed by atoms with Crippen LogP contribution >= 0.6 is 12.2 Å². The molecule has 1 amide bonds. The van der Waals surface area contributed by atoms with Crippen molar-refractivity contribution in [3.63, 3.8) is 0 Å². The summed E-state index contributed by atoms with van der Waals surface area (Å²) in [7, 11) is 3.34. The van der Waals surface area contributed by atoms with E-state index in [1.54, 1.807) is 31.2 Å². The number of thiocarbonyl (C=S) groups is 1. The van der Waals surface area contributed by atoms with Crippen LogP contribution in [0.4, 0.5) is 5.69 Å². The van der Waals surface area contributed by atoms with E-state index in [-0.39, 0.29) is 12.5 Å². The van der Waals surface area contributed by atoms with Crippen LogP contribution in [0.25, 0.3) is 0 Å². The minimum Gasteiger partial charge on any atom is -0.460 e. The summed E-state index contributed by atoms with van der Waals surface area (Å²) in [5.41, 5.74) is 4.06. The van der Waals surface area contributed by atoms with E-state index in [0.29, 0.717) is 34.2 Å². The summed E-state index contributed by atoms with van der Waals surface area (Å²) in [4.78, 5) is 27.4. The number of esters is 1. The third kappa shape index (κ3) is 5.15. The lowest BCUT2D eigenvalue weighted by molar-refractivity contribution is -0.140. The minimum absolute atomic E-state index is 0.152. The van der Waals surface area contributed by atoms with Crippen LogP contribution in [0.5, 0.6) is 0 Å². The van der Waals surface area contributed by atoms with Crippen molar-refractivity contribution in [3.8, 4) is 0 Å². The molecule has 1 heterocycles. The molecule has 2 N–H and O–H groups in total. The Morgan fingerprint density at radius 3 is 2.59 bits per heavy atom. The second-order valence-corrected chi connectivity index (χ2v) is 7.85. The number of nitrogens with one attached hydrogen (secondary N) is 2. The Hall–Kier alpha value is -3.23. The molecule has 0 saturated heterocycles. The number of carbonyl (C=O) groups is 2. The third-order valence-corrected chi connectivity index (χ3v) is 5.75. The Morgan fingerprint density at radius 1 is 1.12 bits per heavy atom. The first-order valence-corrected chi connectivity index (χ1v) is 10.6. The van der Waals surface area contributed by atoms with Crippen LogP contribution in [0.2, 0.25) is 0 Å². The van der Waals surface area contributed by atoms with Crippen LogP contribution in [0.3, 0.4) is 0 Å². The summed E-state index contributed by atoms with van der Waals surface area (Å²) >= 11 is 5.45. The number of rotatable bonds is 7. The van der Waals surface area contributed by atoms with Crippen molar-refractivity contribution < 1.29 is 19.1 Å². The Morgan fingerprint density at radius 2 is 1.88 bits per heavy atom. The van der Waals surface area contributed by atoms with Gasteiger partial charge in [0.15, 0.2) is 5.11 Å². The normalized spacial score (nSPS) is 15.9. The van der Waals surface area contributed by atoms with E-state index < -0.39 is 12.0 Å². The van der Waals surface area contributed by atoms with E-state index in [4.69, 9.17) is 21.7 Å². The highest BCUT2D eigenvalue weighted by Gasteiger charge is 2.33. The highest BCUT2D eigenvalue weighted by Crippen LogP contribution is 2.32. The first-order valence-electron chi connectivity index (χ1n) is 10.2. The molecule has 32 heavy (non-hydrogen) atoms. The molecule has 1 atom stereocenters. The summed E-state index contributed by atoms with van der Waals surface area (Å²) in [6.07, 6.45) is 0. The molecule has 8 heteroatoms. The molecule has 1 aliphatic heterocycles. The van der Waals surface area contributed by atoms with Crippen molar-refractivity contribution >= 4 is 34.9 Å². The predicted octanol–water partition coefficient (Wildman–Crippen LogP) is 3.57. The summed E-state index contributed by atoms with van der Waals surface area (Å²) in [5.74, 6) is -0.640.